The van der Waals surface area contributed by atoms with Crippen molar-refractivity contribution < 1.29 is 27.9 Å². The number of thiophene rings is 1. The number of aromatic nitrogens is 2. The van der Waals surface area contributed by atoms with Crippen LogP contribution in [0.4, 0.5) is 18.9 Å². The van der Waals surface area contributed by atoms with E-state index in [9.17, 15) is 18.0 Å². The first-order valence-corrected chi connectivity index (χ1v) is 10.3. The van der Waals surface area contributed by atoms with Crippen LogP contribution < -0.4 is 4.90 Å². The summed E-state index contributed by atoms with van der Waals surface area (Å²) in [5.41, 5.74) is 0.945. The molecule has 2 fully saturated rings. The molecule has 164 valence electrons. The number of carboxylic acids is 1. The number of halogens is 3. The van der Waals surface area contributed by atoms with Gasteiger partial charge in [-0.25, -0.2) is 4.79 Å². The molecule has 2 aliphatic heterocycles. The van der Waals surface area contributed by atoms with Crippen molar-refractivity contribution >= 4 is 28.9 Å². The molecule has 1 N–H and O–H groups in total. The van der Waals surface area contributed by atoms with Crippen molar-refractivity contribution in [2.75, 3.05) is 11.4 Å². The number of aryl methyl sites for hydroxylation is 2. The molecule has 7 nitrogen and oxygen atoms in total. The summed E-state index contributed by atoms with van der Waals surface area (Å²) in [4.78, 5) is 28.7. The summed E-state index contributed by atoms with van der Waals surface area (Å²) < 4.78 is 33.5. The van der Waals surface area contributed by atoms with Gasteiger partial charge in [-0.05, 0) is 31.9 Å². The lowest BCUT2D eigenvalue weighted by molar-refractivity contribution is -0.192. The van der Waals surface area contributed by atoms with Crippen molar-refractivity contribution in [3.05, 3.63) is 34.3 Å². The first-order valence-electron chi connectivity index (χ1n) is 9.46. The van der Waals surface area contributed by atoms with E-state index in [1.807, 2.05) is 35.7 Å². The van der Waals surface area contributed by atoms with Crippen LogP contribution >= 0.6 is 11.3 Å². The van der Waals surface area contributed by atoms with Crippen molar-refractivity contribution in [1.29, 1.82) is 0 Å². The number of nitrogens with zero attached hydrogens (tertiary/aromatic N) is 4. The summed E-state index contributed by atoms with van der Waals surface area (Å²) in [5, 5.41) is 11.4. The SMILES string of the molecule is Cc1ccc(CN2CC[C@H]3[C@@H]2CCC(=O)N3c2cnn(C)c2)s1.O=C(O)C(F)(F)F. The topological polar surface area (TPSA) is 78.7 Å². The minimum atomic E-state index is -5.08. The molecule has 2 aromatic rings. The fourth-order valence-electron chi connectivity index (χ4n) is 3.99. The van der Waals surface area contributed by atoms with Crippen molar-refractivity contribution in [3.63, 3.8) is 0 Å². The van der Waals surface area contributed by atoms with Gasteiger partial charge in [-0.15, -0.1) is 11.3 Å². The molecule has 0 spiro atoms. The highest BCUT2D eigenvalue weighted by atomic mass is 32.1. The molecule has 4 rings (SSSR count). The summed E-state index contributed by atoms with van der Waals surface area (Å²) in [7, 11) is 1.90. The Balaban J connectivity index is 0.000000318. The molecular weight excluding hydrogens is 421 g/mol. The number of amides is 1. The van der Waals surface area contributed by atoms with E-state index in [0.29, 0.717) is 18.5 Å². The Kier molecular flexibility index (Phi) is 6.51. The number of aliphatic carboxylic acids is 1. The summed E-state index contributed by atoms with van der Waals surface area (Å²) in [6.07, 6.45) is 1.34. The zero-order valence-corrected chi connectivity index (χ0v) is 17.4. The molecule has 4 heterocycles. The van der Waals surface area contributed by atoms with E-state index in [0.717, 1.165) is 31.6 Å². The quantitative estimate of drug-likeness (QED) is 0.787. The fraction of sp³-hybridized carbons (Fsp3) is 0.526. The van der Waals surface area contributed by atoms with Crippen LogP contribution in [-0.2, 0) is 23.2 Å². The van der Waals surface area contributed by atoms with Crippen LogP contribution in [-0.4, -0.2) is 56.5 Å². The summed E-state index contributed by atoms with van der Waals surface area (Å²) in [5.74, 6) is -2.51. The van der Waals surface area contributed by atoms with E-state index in [4.69, 9.17) is 9.90 Å². The van der Waals surface area contributed by atoms with Crippen LogP contribution in [0.3, 0.4) is 0 Å². The molecule has 0 unspecified atom stereocenters. The molecule has 1 amide bonds. The molecule has 0 radical (unpaired) electrons. The van der Waals surface area contributed by atoms with E-state index in [1.54, 1.807) is 4.68 Å². The maximum atomic E-state index is 12.5. The van der Waals surface area contributed by atoms with Gasteiger partial charge < -0.3 is 10.0 Å². The first kappa shape index (κ1) is 22.3. The highest BCUT2D eigenvalue weighted by Crippen LogP contribution is 2.35. The van der Waals surface area contributed by atoms with Crippen molar-refractivity contribution in [1.82, 2.24) is 14.7 Å². The second-order valence-electron chi connectivity index (χ2n) is 7.38. The van der Waals surface area contributed by atoms with Crippen LogP contribution in [0, 0.1) is 6.92 Å². The number of likely N-dealkylation sites (tertiary alicyclic amines) is 1. The minimum absolute atomic E-state index is 0.244. The lowest BCUT2D eigenvalue weighted by Crippen LogP contribution is -2.52. The molecule has 30 heavy (non-hydrogen) atoms. The van der Waals surface area contributed by atoms with Crippen LogP contribution in [0.2, 0.25) is 0 Å². The van der Waals surface area contributed by atoms with Gasteiger partial charge in [0.1, 0.15) is 0 Å². The average Bonchev–Trinajstić information content (AvgIpc) is 3.36. The first-order chi connectivity index (χ1) is 14.1. The number of fused-ring (bicyclic) bond motifs is 1. The third-order valence-electron chi connectivity index (χ3n) is 5.25. The van der Waals surface area contributed by atoms with Gasteiger partial charge in [0.2, 0.25) is 5.91 Å². The second kappa shape index (κ2) is 8.76. The largest absolute Gasteiger partial charge is 0.490 e. The Labute approximate surface area is 175 Å². The molecule has 2 saturated heterocycles. The highest BCUT2D eigenvalue weighted by molar-refractivity contribution is 7.11. The predicted molar refractivity (Wildman–Crippen MR) is 105 cm³/mol. The highest BCUT2D eigenvalue weighted by Gasteiger charge is 2.44. The van der Waals surface area contributed by atoms with Crippen molar-refractivity contribution in [2.24, 2.45) is 7.05 Å². The van der Waals surface area contributed by atoms with Crippen molar-refractivity contribution in [2.45, 2.75) is 51.0 Å². The summed E-state index contributed by atoms with van der Waals surface area (Å²) in [6, 6.07) is 5.19. The van der Waals surface area contributed by atoms with Gasteiger partial charge in [0.05, 0.1) is 17.9 Å². The number of piperidine rings is 1. The number of hydrogen-bond acceptors (Lipinski definition) is 5. The molecule has 2 atom stereocenters. The summed E-state index contributed by atoms with van der Waals surface area (Å²) >= 11 is 1.88. The second-order valence-corrected chi connectivity index (χ2v) is 8.76. The van der Waals surface area contributed by atoms with E-state index < -0.39 is 12.1 Å². The maximum absolute atomic E-state index is 12.5. The lowest BCUT2D eigenvalue weighted by atomic mass is 9.96. The number of rotatable bonds is 3. The maximum Gasteiger partial charge on any atom is 0.490 e. The predicted octanol–water partition coefficient (Wildman–Crippen LogP) is 3.19. The van der Waals surface area contributed by atoms with Crippen LogP contribution in [0.15, 0.2) is 24.5 Å². The van der Waals surface area contributed by atoms with Crippen LogP contribution in [0.25, 0.3) is 0 Å². The number of carbonyl (C=O) groups excluding carboxylic acids is 1. The van der Waals surface area contributed by atoms with E-state index in [2.05, 4.69) is 29.1 Å². The molecule has 0 bridgehead atoms. The monoisotopic (exact) mass is 444 g/mol. The fourth-order valence-corrected chi connectivity index (χ4v) is 4.90. The summed E-state index contributed by atoms with van der Waals surface area (Å²) in [6.45, 7) is 4.23. The van der Waals surface area contributed by atoms with Gasteiger partial charge >= 0.3 is 12.1 Å². The van der Waals surface area contributed by atoms with Crippen LogP contribution in [0.5, 0.6) is 0 Å². The molecule has 2 aliphatic rings. The Morgan fingerprint density at radius 1 is 1.30 bits per heavy atom. The molecule has 2 aromatic heterocycles. The van der Waals surface area contributed by atoms with Gasteiger partial charge in [-0.1, -0.05) is 0 Å². The van der Waals surface area contributed by atoms with Gasteiger partial charge in [0.15, 0.2) is 0 Å². The van der Waals surface area contributed by atoms with E-state index in [1.165, 1.54) is 9.75 Å². The molecule has 11 heteroatoms. The van der Waals surface area contributed by atoms with Crippen molar-refractivity contribution in [3.8, 4) is 0 Å². The third kappa shape index (κ3) is 5.01. The third-order valence-corrected chi connectivity index (χ3v) is 6.23. The lowest BCUT2D eigenvalue weighted by Gasteiger charge is -2.39. The Bertz CT molecular complexity index is 911. The van der Waals surface area contributed by atoms with Crippen LogP contribution in [0.1, 0.15) is 29.0 Å². The molecule has 0 aliphatic carbocycles. The standard InChI is InChI=1S/C17H22N4OS.C2HF3O2/c1-12-3-4-14(23-12)11-20-8-7-16-15(20)5-6-17(22)21(16)13-9-18-19(2)10-13;3-2(4,5)1(6)7/h3-4,9-10,15-16H,5-8,11H2,1-2H3;(H,6,7)/t15-,16-;/m0./s1. The number of carbonyl (C=O) groups is 2. The number of alkyl halides is 3. The van der Waals surface area contributed by atoms with Gasteiger partial charge in [-0.2, -0.15) is 18.3 Å². The normalized spacial score (nSPS) is 21.9. The Morgan fingerprint density at radius 3 is 2.53 bits per heavy atom. The van der Waals surface area contributed by atoms with Gasteiger partial charge in [0.25, 0.3) is 0 Å². The van der Waals surface area contributed by atoms with E-state index >= 15 is 0 Å². The molecule has 0 saturated carbocycles. The zero-order chi connectivity index (χ0) is 22.1. The Hall–Kier alpha value is -2.40. The smallest absolute Gasteiger partial charge is 0.475 e. The Morgan fingerprint density at radius 2 is 2.00 bits per heavy atom. The van der Waals surface area contributed by atoms with Gasteiger partial charge in [-0.3, -0.25) is 14.4 Å². The molecular formula is C19H23F3N4O3S. The van der Waals surface area contributed by atoms with Gasteiger partial charge in [0, 0.05) is 48.6 Å². The van der Waals surface area contributed by atoms with E-state index in [-0.39, 0.29) is 5.91 Å². The number of anilines is 1. The zero-order valence-electron chi connectivity index (χ0n) is 16.6. The molecule has 0 aromatic carbocycles. The number of carboxylic acid groups (broad SMARTS) is 1. The minimum Gasteiger partial charge on any atom is -0.475 e. The number of hydrogen-bond donors (Lipinski definition) is 1. The average molecular weight is 444 g/mol.